The lowest BCUT2D eigenvalue weighted by Crippen LogP contribution is -2.25. The number of benzene rings is 1. The van der Waals surface area contributed by atoms with Crippen LogP contribution in [-0.4, -0.2) is 35.0 Å². The summed E-state index contributed by atoms with van der Waals surface area (Å²) < 4.78 is 11.3. The van der Waals surface area contributed by atoms with E-state index in [1.54, 1.807) is 6.07 Å². The number of carboxylic acids is 1. The summed E-state index contributed by atoms with van der Waals surface area (Å²) in [4.78, 5) is 11.4. The lowest BCUT2D eigenvalue weighted by Gasteiger charge is -2.20. The van der Waals surface area contributed by atoms with Crippen LogP contribution in [0.25, 0.3) is 0 Å². The van der Waals surface area contributed by atoms with Crippen molar-refractivity contribution < 1.29 is 24.5 Å². The number of para-hydroxylation sites is 1. The monoisotopic (exact) mass is 280 g/mol. The maximum atomic E-state index is 11.4. The molecule has 1 aliphatic rings. The fourth-order valence-electron chi connectivity index (χ4n) is 2.41. The Kier molecular flexibility index (Phi) is 4.30. The number of fused-ring (bicyclic) bond motifs is 1. The molecule has 110 valence electrons. The number of hydrogen-bond donors (Lipinski definition) is 2. The number of carbonyl (C=O) groups is 1. The van der Waals surface area contributed by atoms with Gasteiger partial charge in [0.15, 0.2) is 6.10 Å². The number of aliphatic hydroxyl groups excluding tert-OH is 1. The highest BCUT2D eigenvalue weighted by Crippen LogP contribution is 2.40. The molecule has 0 bridgehead atoms. The highest BCUT2D eigenvalue weighted by molar-refractivity contribution is 5.76. The zero-order chi connectivity index (χ0) is 14.8. The number of carboxylic acid groups (broad SMARTS) is 1. The van der Waals surface area contributed by atoms with Gasteiger partial charge in [-0.2, -0.15) is 0 Å². The first kappa shape index (κ1) is 14.8. The van der Waals surface area contributed by atoms with Gasteiger partial charge in [0.25, 0.3) is 0 Å². The van der Waals surface area contributed by atoms with Gasteiger partial charge in [0.1, 0.15) is 11.4 Å². The van der Waals surface area contributed by atoms with Gasteiger partial charge in [-0.1, -0.05) is 18.2 Å². The van der Waals surface area contributed by atoms with E-state index in [0.717, 1.165) is 12.0 Å². The zero-order valence-corrected chi connectivity index (χ0v) is 11.8. The van der Waals surface area contributed by atoms with Gasteiger partial charge >= 0.3 is 5.97 Å². The van der Waals surface area contributed by atoms with Gasteiger partial charge in [0, 0.05) is 18.6 Å². The normalized spacial score (nSPS) is 17.4. The molecule has 0 radical (unpaired) electrons. The molecule has 20 heavy (non-hydrogen) atoms. The van der Waals surface area contributed by atoms with Crippen molar-refractivity contribution in [1.29, 1.82) is 0 Å². The Bertz CT molecular complexity index is 495. The van der Waals surface area contributed by atoms with Crippen molar-refractivity contribution in [1.82, 2.24) is 0 Å². The Hall–Kier alpha value is -1.59. The minimum atomic E-state index is -1.06. The summed E-state index contributed by atoms with van der Waals surface area (Å²) in [6.07, 6.45) is 0.0926. The van der Waals surface area contributed by atoms with Crippen molar-refractivity contribution in [3.63, 3.8) is 0 Å². The van der Waals surface area contributed by atoms with E-state index in [1.165, 1.54) is 0 Å². The molecule has 2 rings (SSSR count). The van der Waals surface area contributed by atoms with Gasteiger partial charge in [-0.25, -0.2) is 4.79 Å². The first-order valence-electron chi connectivity index (χ1n) is 6.71. The molecule has 0 fully saturated rings. The van der Waals surface area contributed by atoms with Gasteiger partial charge in [-0.05, 0) is 25.8 Å². The third-order valence-corrected chi connectivity index (χ3v) is 3.22. The van der Waals surface area contributed by atoms with E-state index in [1.807, 2.05) is 26.0 Å². The van der Waals surface area contributed by atoms with Crippen LogP contribution in [0.15, 0.2) is 18.2 Å². The summed E-state index contributed by atoms with van der Waals surface area (Å²) in [5.41, 5.74) is 1.22. The van der Waals surface area contributed by atoms with Crippen molar-refractivity contribution in [2.24, 2.45) is 0 Å². The van der Waals surface area contributed by atoms with E-state index in [2.05, 4.69) is 0 Å². The minimum absolute atomic E-state index is 0.0250. The van der Waals surface area contributed by atoms with Crippen LogP contribution in [0.1, 0.15) is 37.5 Å². The number of rotatable bonds is 6. The number of hydrogen-bond acceptors (Lipinski definition) is 4. The molecule has 5 heteroatoms. The SMILES string of the molecule is CC1(C)Cc2cccc(C(OCCCO)C(=O)O)c2O1. The van der Waals surface area contributed by atoms with Crippen LogP contribution in [0.4, 0.5) is 0 Å². The molecule has 1 aromatic carbocycles. The average Bonchev–Trinajstić information content (AvgIpc) is 2.68. The third-order valence-electron chi connectivity index (χ3n) is 3.22. The van der Waals surface area contributed by atoms with Gasteiger partial charge in [-0.3, -0.25) is 0 Å². The van der Waals surface area contributed by atoms with Crippen LogP contribution in [0.5, 0.6) is 5.75 Å². The highest BCUT2D eigenvalue weighted by Gasteiger charge is 2.35. The van der Waals surface area contributed by atoms with Crippen molar-refractivity contribution in [2.45, 2.75) is 38.4 Å². The molecule has 5 nitrogen and oxygen atoms in total. The minimum Gasteiger partial charge on any atom is -0.487 e. The topological polar surface area (TPSA) is 76.0 Å². The molecule has 0 aromatic heterocycles. The molecule has 1 aliphatic heterocycles. The number of aliphatic carboxylic acids is 1. The third kappa shape index (κ3) is 3.11. The van der Waals surface area contributed by atoms with Crippen molar-refractivity contribution in [2.75, 3.05) is 13.2 Å². The fourth-order valence-corrected chi connectivity index (χ4v) is 2.41. The Balaban J connectivity index is 2.27. The van der Waals surface area contributed by atoms with E-state index in [0.29, 0.717) is 17.7 Å². The molecule has 0 amide bonds. The lowest BCUT2D eigenvalue weighted by molar-refractivity contribution is -0.151. The fraction of sp³-hybridized carbons (Fsp3) is 0.533. The van der Waals surface area contributed by atoms with Crippen LogP contribution in [0.2, 0.25) is 0 Å². The van der Waals surface area contributed by atoms with Crippen molar-refractivity contribution in [3.05, 3.63) is 29.3 Å². The maximum Gasteiger partial charge on any atom is 0.337 e. The van der Waals surface area contributed by atoms with E-state index < -0.39 is 12.1 Å². The summed E-state index contributed by atoms with van der Waals surface area (Å²) in [5, 5.41) is 18.1. The van der Waals surface area contributed by atoms with E-state index in [-0.39, 0.29) is 18.8 Å². The number of ether oxygens (including phenoxy) is 2. The predicted molar refractivity (Wildman–Crippen MR) is 72.9 cm³/mol. The second-order valence-electron chi connectivity index (χ2n) is 5.54. The molecular formula is C15H20O5. The quantitative estimate of drug-likeness (QED) is 0.779. The van der Waals surface area contributed by atoms with Gasteiger partial charge in [0.05, 0.1) is 6.61 Å². The van der Waals surface area contributed by atoms with Gasteiger partial charge in [0.2, 0.25) is 0 Å². The molecule has 0 aliphatic carbocycles. The second kappa shape index (κ2) is 5.81. The zero-order valence-electron chi connectivity index (χ0n) is 11.8. The largest absolute Gasteiger partial charge is 0.487 e. The molecule has 0 saturated carbocycles. The lowest BCUT2D eigenvalue weighted by atomic mass is 9.99. The maximum absolute atomic E-state index is 11.4. The Morgan fingerprint density at radius 3 is 2.90 bits per heavy atom. The molecular weight excluding hydrogens is 260 g/mol. The Labute approximate surface area is 118 Å². The summed E-state index contributed by atoms with van der Waals surface area (Å²) in [7, 11) is 0. The Morgan fingerprint density at radius 1 is 1.50 bits per heavy atom. The van der Waals surface area contributed by atoms with E-state index >= 15 is 0 Å². The number of aliphatic hydroxyl groups is 1. The molecule has 1 atom stereocenters. The summed E-state index contributed by atoms with van der Waals surface area (Å²) in [6, 6.07) is 5.49. The molecule has 0 saturated heterocycles. The molecule has 1 heterocycles. The van der Waals surface area contributed by atoms with Gasteiger partial charge in [-0.15, -0.1) is 0 Å². The first-order valence-corrected chi connectivity index (χ1v) is 6.71. The highest BCUT2D eigenvalue weighted by atomic mass is 16.5. The van der Waals surface area contributed by atoms with Crippen LogP contribution < -0.4 is 4.74 Å². The second-order valence-corrected chi connectivity index (χ2v) is 5.54. The molecule has 2 N–H and O–H groups in total. The summed E-state index contributed by atoms with van der Waals surface area (Å²) in [5.74, 6) is -0.432. The first-order chi connectivity index (χ1) is 9.44. The van der Waals surface area contributed by atoms with Crippen LogP contribution in [0.3, 0.4) is 0 Å². The van der Waals surface area contributed by atoms with Gasteiger partial charge < -0.3 is 19.7 Å². The van der Waals surface area contributed by atoms with Crippen molar-refractivity contribution >= 4 is 5.97 Å². The van der Waals surface area contributed by atoms with E-state index in [9.17, 15) is 9.90 Å². The molecule has 1 unspecified atom stereocenters. The summed E-state index contributed by atoms with van der Waals surface area (Å²) >= 11 is 0. The van der Waals surface area contributed by atoms with Crippen molar-refractivity contribution in [3.8, 4) is 5.75 Å². The smallest absolute Gasteiger partial charge is 0.337 e. The Morgan fingerprint density at radius 2 is 2.25 bits per heavy atom. The van der Waals surface area contributed by atoms with E-state index in [4.69, 9.17) is 14.6 Å². The summed E-state index contributed by atoms with van der Waals surface area (Å²) in [6.45, 7) is 4.11. The van der Waals surface area contributed by atoms with Crippen LogP contribution >= 0.6 is 0 Å². The van der Waals surface area contributed by atoms with Crippen LogP contribution in [-0.2, 0) is 16.0 Å². The predicted octanol–water partition coefficient (Wildman–Crippen LogP) is 1.92. The standard InChI is InChI=1S/C15H20O5/c1-15(2)9-10-5-3-6-11(12(10)20-15)13(14(17)18)19-8-4-7-16/h3,5-6,13,16H,4,7-9H2,1-2H3,(H,17,18). The van der Waals surface area contributed by atoms with Crippen LogP contribution in [0, 0.1) is 0 Å². The molecule has 0 spiro atoms. The average molecular weight is 280 g/mol. The molecule has 1 aromatic rings.